The molecule has 0 atom stereocenters. The molecule has 0 bridgehead atoms. The van der Waals surface area contributed by atoms with Gasteiger partial charge in [-0.2, -0.15) is 0 Å². The summed E-state index contributed by atoms with van der Waals surface area (Å²) in [6.45, 7) is 0.731. The molecule has 0 aliphatic carbocycles. The monoisotopic (exact) mass is 346 g/mol. The predicted octanol–water partition coefficient (Wildman–Crippen LogP) is 5.26. The zero-order valence-corrected chi connectivity index (χ0v) is 12.9. The largest absolute Gasteiger partial charge is 0.379 e. The molecule has 20 heavy (non-hydrogen) atoms. The first-order valence-electron chi connectivity index (χ1n) is 6.26. The van der Waals surface area contributed by atoms with E-state index in [4.69, 9.17) is 11.6 Å². The van der Waals surface area contributed by atoms with Gasteiger partial charge in [-0.1, -0.05) is 45.7 Å². The third-order valence-electron chi connectivity index (χ3n) is 3.14. The molecule has 0 amide bonds. The zero-order valence-electron chi connectivity index (χ0n) is 10.6. The fourth-order valence-corrected chi connectivity index (χ4v) is 2.75. The standard InChI is InChI=1S/C16H12BrClN2/c17-13-6-2-1-4-11(13)10-20-15-8-7-14(18)12-5-3-9-19-16(12)15/h1-9,20H,10H2. The number of rotatable bonds is 3. The minimum Gasteiger partial charge on any atom is -0.379 e. The lowest BCUT2D eigenvalue weighted by Gasteiger charge is -2.11. The Bertz CT molecular complexity index is 758. The van der Waals surface area contributed by atoms with Crippen molar-refractivity contribution in [2.75, 3.05) is 5.32 Å². The van der Waals surface area contributed by atoms with Crippen molar-refractivity contribution in [1.29, 1.82) is 0 Å². The van der Waals surface area contributed by atoms with E-state index in [1.807, 2.05) is 42.5 Å². The minimum absolute atomic E-state index is 0.722. The minimum atomic E-state index is 0.722. The third kappa shape index (κ3) is 2.65. The van der Waals surface area contributed by atoms with E-state index < -0.39 is 0 Å². The molecular formula is C16H12BrClN2. The molecule has 0 aliphatic heterocycles. The summed E-state index contributed by atoms with van der Waals surface area (Å²) in [7, 11) is 0. The Morgan fingerprint density at radius 3 is 2.75 bits per heavy atom. The first-order chi connectivity index (χ1) is 9.75. The average molecular weight is 348 g/mol. The molecule has 1 heterocycles. The smallest absolute Gasteiger partial charge is 0.0948 e. The second kappa shape index (κ2) is 5.81. The van der Waals surface area contributed by atoms with Crippen LogP contribution in [0.4, 0.5) is 5.69 Å². The van der Waals surface area contributed by atoms with Crippen LogP contribution in [0.5, 0.6) is 0 Å². The molecule has 100 valence electrons. The Balaban J connectivity index is 1.92. The Morgan fingerprint density at radius 2 is 1.90 bits per heavy atom. The molecule has 0 unspecified atom stereocenters. The number of nitrogens with zero attached hydrogens (tertiary/aromatic N) is 1. The number of halogens is 2. The molecule has 3 rings (SSSR count). The van der Waals surface area contributed by atoms with Gasteiger partial charge in [0.15, 0.2) is 0 Å². The van der Waals surface area contributed by atoms with Crippen molar-refractivity contribution in [1.82, 2.24) is 4.98 Å². The van der Waals surface area contributed by atoms with Gasteiger partial charge in [-0.3, -0.25) is 4.98 Å². The third-order valence-corrected chi connectivity index (χ3v) is 4.25. The number of anilines is 1. The summed E-state index contributed by atoms with van der Waals surface area (Å²) in [5, 5.41) is 5.11. The van der Waals surface area contributed by atoms with Crippen molar-refractivity contribution < 1.29 is 0 Å². The Morgan fingerprint density at radius 1 is 1.05 bits per heavy atom. The van der Waals surface area contributed by atoms with Crippen LogP contribution in [-0.2, 0) is 6.54 Å². The molecule has 4 heteroatoms. The van der Waals surface area contributed by atoms with Gasteiger partial charge in [0.25, 0.3) is 0 Å². The Labute approximate surface area is 130 Å². The summed E-state index contributed by atoms with van der Waals surface area (Å²) in [6, 6.07) is 15.9. The fraction of sp³-hybridized carbons (Fsp3) is 0.0625. The van der Waals surface area contributed by atoms with Crippen LogP contribution >= 0.6 is 27.5 Å². The highest BCUT2D eigenvalue weighted by Crippen LogP contribution is 2.28. The number of hydrogen-bond acceptors (Lipinski definition) is 2. The lowest BCUT2D eigenvalue weighted by molar-refractivity contribution is 1.14. The number of benzene rings is 2. The maximum atomic E-state index is 6.20. The second-order valence-electron chi connectivity index (χ2n) is 4.44. The highest BCUT2D eigenvalue weighted by Gasteiger charge is 2.06. The highest BCUT2D eigenvalue weighted by molar-refractivity contribution is 9.10. The van der Waals surface area contributed by atoms with Gasteiger partial charge >= 0.3 is 0 Å². The van der Waals surface area contributed by atoms with Crippen LogP contribution in [0.2, 0.25) is 5.02 Å². The molecule has 0 fully saturated rings. The van der Waals surface area contributed by atoms with Gasteiger partial charge in [-0.25, -0.2) is 0 Å². The topological polar surface area (TPSA) is 24.9 Å². The molecule has 0 spiro atoms. The van der Waals surface area contributed by atoms with Crippen LogP contribution in [0.25, 0.3) is 10.9 Å². The van der Waals surface area contributed by atoms with Crippen LogP contribution in [0.3, 0.4) is 0 Å². The summed E-state index contributed by atoms with van der Waals surface area (Å²) < 4.78 is 1.10. The maximum Gasteiger partial charge on any atom is 0.0948 e. The summed E-state index contributed by atoms with van der Waals surface area (Å²) in [4.78, 5) is 4.42. The van der Waals surface area contributed by atoms with Gasteiger partial charge in [0.05, 0.1) is 16.2 Å². The molecule has 0 saturated heterocycles. The van der Waals surface area contributed by atoms with E-state index in [0.29, 0.717) is 0 Å². The SMILES string of the molecule is Clc1ccc(NCc2ccccc2Br)c2ncccc12. The number of aromatic nitrogens is 1. The van der Waals surface area contributed by atoms with Crippen molar-refractivity contribution in [2.45, 2.75) is 6.54 Å². The Kier molecular flexibility index (Phi) is 3.90. The van der Waals surface area contributed by atoms with Crippen molar-refractivity contribution in [3.63, 3.8) is 0 Å². The van der Waals surface area contributed by atoms with E-state index in [9.17, 15) is 0 Å². The van der Waals surface area contributed by atoms with Gasteiger partial charge in [-0.05, 0) is 35.9 Å². The van der Waals surface area contributed by atoms with Gasteiger partial charge in [-0.15, -0.1) is 0 Å². The number of fused-ring (bicyclic) bond motifs is 1. The predicted molar refractivity (Wildman–Crippen MR) is 88.2 cm³/mol. The fourth-order valence-electron chi connectivity index (χ4n) is 2.11. The molecule has 0 aliphatic rings. The average Bonchev–Trinajstić information content (AvgIpc) is 2.48. The quantitative estimate of drug-likeness (QED) is 0.699. The van der Waals surface area contributed by atoms with Gasteiger partial charge in [0.1, 0.15) is 0 Å². The van der Waals surface area contributed by atoms with Gasteiger partial charge in [0.2, 0.25) is 0 Å². The van der Waals surface area contributed by atoms with Crippen molar-refractivity contribution in [2.24, 2.45) is 0 Å². The molecule has 2 nitrogen and oxygen atoms in total. The second-order valence-corrected chi connectivity index (χ2v) is 5.70. The molecule has 0 saturated carbocycles. The lowest BCUT2D eigenvalue weighted by Crippen LogP contribution is -2.01. The number of hydrogen-bond donors (Lipinski definition) is 1. The summed E-state index contributed by atoms with van der Waals surface area (Å²) in [5.41, 5.74) is 3.08. The maximum absolute atomic E-state index is 6.20. The molecule has 1 aromatic heterocycles. The summed E-state index contributed by atoms with van der Waals surface area (Å²) in [6.07, 6.45) is 1.78. The first-order valence-corrected chi connectivity index (χ1v) is 7.43. The molecule has 1 N–H and O–H groups in total. The van der Waals surface area contributed by atoms with E-state index in [-0.39, 0.29) is 0 Å². The van der Waals surface area contributed by atoms with Crippen LogP contribution in [0.15, 0.2) is 59.2 Å². The number of pyridine rings is 1. The number of nitrogens with one attached hydrogen (secondary N) is 1. The summed E-state index contributed by atoms with van der Waals surface area (Å²) >= 11 is 9.75. The van der Waals surface area contributed by atoms with E-state index in [1.165, 1.54) is 5.56 Å². The molecule has 3 aromatic rings. The van der Waals surface area contributed by atoms with E-state index in [2.05, 4.69) is 32.3 Å². The zero-order chi connectivity index (χ0) is 13.9. The van der Waals surface area contributed by atoms with Gasteiger partial charge in [0, 0.05) is 22.6 Å². The van der Waals surface area contributed by atoms with Crippen LogP contribution in [-0.4, -0.2) is 4.98 Å². The van der Waals surface area contributed by atoms with Crippen molar-refractivity contribution in [3.8, 4) is 0 Å². The van der Waals surface area contributed by atoms with Gasteiger partial charge < -0.3 is 5.32 Å². The molecule has 0 radical (unpaired) electrons. The molecule has 2 aromatic carbocycles. The van der Waals surface area contributed by atoms with E-state index >= 15 is 0 Å². The van der Waals surface area contributed by atoms with Crippen LogP contribution < -0.4 is 5.32 Å². The van der Waals surface area contributed by atoms with Crippen LogP contribution in [0.1, 0.15) is 5.56 Å². The highest BCUT2D eigenvalue weighted by atomic mass is 79.9. The first kappa shape index (κ1) is 13.4. The summed E-state index contributed by atoms with van der Waals surface area (Å²) in [5.74, 6) is 0. The normalized spacial score (nSPS) is 10.7. The van der Waals surface area contributed by atoms with Crippen molar-refractivity contribution in [3.05, 3.63) is 69.8 Å². The molecular weight excluding hydrogens is 336 g/mol. The Hall–Kier alpha value is -1.58. The van der Waals surface area contributed by atoms with E-state index in [1.54, 1.807) is 6.20 Å². The lowest BCUT2D eigenvalue weighted by atomic mass is 10.1. The van der Waals surface area contributed by atoms with Crippen molar-refractivity contribution >= 4 is 44.1 Å². The van der Waals surface area contributed by atoms with E-state index in [0.717, 1.165) is 32.6 Å². The van der Waals surface area contributed by atoms with Crippen LogP contribution in [0, 0.1) is 0 Å².